The molecule has 7 heteroatoms. The standard InChI is InChI=1S/C25H24BrNO5/c1-13-21(25(30)32-3)22(16-9-17(26)24(29)20(12-16)31-2)23-18(27-13)10-15(11-19(23)28)14-7-5-4-6-8-14/h4-9,12,15,22,27,29H,10-11H2,1-3H3. The number of carbonyl (C=O) groups is 2. The zero-order valence-corrected chi connectivity index (χ0v) is 19.7. The summed E-state index contributed by atoms with van der Waals surface area (Å²) in [4.78, 5) is 26.3. The Labute approximate surface area is 195 Å². The van der Waals surface area contributed by atoms with Gasteiger partial charge in [-0.25, -0.2) is 4.79 Å². The fourth-order valence-corrected chi connectivity index (χ4v) is 5.09. The molecule has 0 saturated carbocycles. The first-order valence-corrected chi connectivity index (χ1v) is 11.1. The van der Waals surface area contributed by atoms with Gasteiger partial charge >= 0.3 is 5.97 Å². The molecule has 0 amide bonds. The Bertz CT molecular complexity index is 1150. The summed E-state index contributed by atoms with van der Waals surface area (Å²) < 4.78 is 10.8. The molecule has 0 bridgehead atoms. The van der Waals surface area contributed by atoms with Gasteiger partial charge in [0.2, 0.25) is 0 Å². The SMILES string of the molecule is COC(=O)C1=C(C)NC2=C(C(=O)CC(c3ccccc3)C2)C1c1cc(Br)c(O)c(OC)c1. The molecule has 6 nitrogen and oxygen atoms in total. The van der Waals surface area contributed by atoms with Crippen LogP contribution in [-0.2, 0) is 14.3 Å². The van der Waals surface area contributed by atoms with Gasteiger partial charge in [0.1, 0.15) is 0 Å². The maximum Gasteiger partial charge on any atom is 0.336 e. The number of hydrogen-bond donors (Lipinski definition) is 2. The fourth-order valence-electron chi connectivity index (χ4n) is 4.63. The smallest absolute Gasteiger partial charge is 0.336 e. The molecule has 1 aliphatic carbocycles. The molecule has 32 heavy (non-hydrogen) atoms. The second-order valence-electron chi connectivity index (χ2n) is 7.97. The van der Waals surface area contributed by atoms with Gasteiger partial charge in [0, 0.05) is 29.3 Å². The van der Waals surface area contributed by atoms with Crippen molar-refractivity contribution >= 4 is 27.7 Å². The molecule has 2 atom stereocenters. The molecular weight excluding hydrogens is 474 g/mol. The van der Waals surface area contributed by atoms with E-state index in [0.29, 0.717) is 39.7 Å². The number of phenols is 1. The lowest BCUT2D eigenvalue weighted by atomic mass is 9.71. The first-order valence-electron chi connectivity index (χ1n) is 10.3. The number of hydrogen-bond acceptors (Lipinski definition) is 6. The van der Waals surface area contributed by atoms with Gasteiger partial charge in [-0.2, -0.15) is 0 Å². The zero-order valence-electron chi connectivity index (χ0n) is 18.1. The van der Waals surface area contributed by atoms with E-state index in [0.717, 1.165) is 11.3 Å². The summed E-state index contributed by atoms with van der Waals surface area (Å²) in [5.74, 6) is -0.888. The highest BCUT2D eigenvalue weighted by atomic mass is 79.9. The normalized spacial score (nSPS) is 20.6. The van der Waals surface area contributed by atoms with Crippen LogP contribution in [0.5, 0.6) is 11.5 Å². The quantitative estimate of drug-likeness (QED) is 0.595. The van der Waals surface area contributed by atoms with Crippen LogP contribution in [0.1, 0.15) is 42.7 Å². The Morgan fingerprint density at radius 3 is 2.50 bits per heavy atom. The van der Waals surface area contributed by atoms with Crippen LogP contribution in [-0.4, -0.2) is 31.1 Å². The van der Waals surface area contributed by atoms with Gasteiger partial charge in [-0.1, -0.05) is 30.3 Å². The number of carbonyl (C=O) groups excluding carboxylic acids is 2. The minimum atomic E-state index is -0.631. The van der Waals surface area contributed by atoms with E-state index in [1.165, 1.54) is 14.2 Å². The Morgan fingerprint density at radius 2 is 1.84 bits per heavy atom. The molecule has 0 aromatic heterocycles. The Kier molecular flexibility index (Phi) is 6.11. The molecule has 2 aromatic rings. The lowest BCUT2D eigenvalue weighted by Crippen LogP contribution is -2.36. The van der Waals surface area contributed by atoms with Gasteiger partial charge < -0.3 is 19.9 Å². The number of allylic oxidation sites excluding steroid dienone is 3. The average Bonchev–Trinajstić information content (AvgIpc) is 2.79. The Morgan fingerprint density at radius 1 is 1.12 bits per heavy atom. The number of benzene rings is 2. The molecule has 2 N–H and O–H groups in total. The van der Waals surface area contributed by atoms with Crippen LogP contribution in [0.2, 0.25) is 0 Å². The van der Waals surface area contributed by atoms with Crippen molar-refractivity contribution in [3.63, 3.8) is 0 Å². The van der Waals surface area contributed by atoms with Gasteiger partial charge in [-0.05, 0) is 58.5 Å². The Balaban J connectivity index is 1.87. The van der Waals surface area contributed by atoms with Crippen LogP contribution in [0.25, 0.3) is 0 Å². The fraction of sp³-hybridized carbons (Fsp3) is 0.280. The molecule has 0 radical (unpaired) electrons. The molecule has 1 heterocycles. The highest BCUT2D eigenvalue weighted by molar-refractivity contribution is 9.10. The monoisotopic (exact) mass is 497 g/mol. The number of ketones is 1. The summed E-state index contributed by atoms with van der Waals surface area (Å²) in [5, 5.41) is 13.6. The molecule has 2 unspecified atom stereocenters. The van der Waals surface area contributed by atoms with E-state index in [9.17, 15) is 14.7 Å². The van der Waals surface area contributed by atoms with E-state index >= 15 is 0 Å². The van der Waals surface area contributed by atoms with Gasteiger partial charge in [-0.3, -0.25) is 4.79 Å². The summed E-state index contributed by atoms with van der Waals surface area (Å²) in [6.07, 6.45) is 1.01. The first-order chi connectivity index (χ1) is 15.3. The van der Waals surface area contributed by atoms with Gasteiger partial charge in [0.25, 0.3) is 0 Å². The zero-order chi connectivity index (χ0) is 23.0. The van der Waals surface area contributed by atoms with Crippen molar-refractivity contribution in [3.05, 3.63) is 80.6 Å². The van der Waals surface area contributed by atoms with E-state index in [4.69, 9.17) is 9.47 Å². The van der Waals surface area contributed by atoms with Gasteiger partial charge in [0.15, 0.2) is 17.3 Å². The average molecular weight is 498 g/mol. The number of methoxy groups -OCH3 is 2. The van der Waals surface area contributed by atoms with E-state index in [-0.39, 0.29) is 23.2 Å². The maximum atomic E-state index is 13.5. The van der Waals surface area contributed by atoms with Crippen molar-refractivity contribution in [2.45, 2.75) is 31.6 Å². The molecular formula is C25H24BrNO5. The topological polar surface area (TPSA) is 84.9 Å². The minimum absolute atomic E-state index is 0.0188. The van der Waals surface area contributed by atoms with Crippen molar-refractivity contribution in [1.82, 2.24) is 5.32 Å². The summed E-state index contributed by atoms with van der Waals surface area (Å²) in [5.41, 5.74) is 4.16. The van der Waals surface area contributed by atoms with Gasteiger partial charge in [-0.15, -0.1) is 0 Å². The number of rotatable bonds is 4. The van der Waals surface area contributed by atoms with Crippen LogP contribution in [0.15, 0.2) is 69.5 Å². The summed E-state index contributed by atoms with van der Waals surface area (Å²) in [6.45, 7) is 1.81. The third-order valence-electron chi connectivity index (χ3n) is 6.11. The van der Waals surface area contributed by atoms with Crippen molar-refractivity contribution in [1.29, 1.82) is 0 Å². The molecule has 0 saturated heterocycles. The molecule has 2 aromatic carbocycles. The second-order valence-corrected chi connectivity index (χ2v) is 8.83. The largest absolute Gasteiger partial charge is 0.503 e. The van der Waals surface area contributed by atoms with E-state index in [2.05, 4.69) is 21.2 Å². The predicted octanol–water partition coefficient (Wildman–Crippen LogP) is 4.70. The molecule has 0 fully saturated rings. The van der Waals surface area contributed by atoms with E-state index < -0.39 is 11.9 Å². The van der Waals surface area contributed by atoms with E-state index in [1.807, 2.05) is 37.3 Å². The number of nitrogens with one attached hydrogen (secondary N) is 1. The van der Waals surface area contributed by atoms with Gasteiger partial charge in [0.05, 0.1) is 24.3 Å². The highest BCUT2D eigenvalue weighted by Gasteiger charge is 2.41. The van der Waals surface area contributed by atoms with Crippen molar-refractivity contribution in [3.8, 4) is 11.5 Å². The number of halogens is 1. The van der Waals surface area contributed by atoms with Crippen LogP contribution in [0.4, 0.5) is 0 Å². The third-order valence-corrected chi connectivity index (χ3v) is 6.71. The lowest BCUT2D eigenvalue weighted by Gasteiger charge is -2.36. The number of ether oxygens (including phenoxy) is 2. The van der Waals surface area contributed by atoms with Crippen molar-refractivity contribution < 1.29 is 24.2 Å². The highest BCUT2D eigenvalue weighted by Crippen LogP contribution is 2.48. The molecule has 1 aliphatic heterocycles. The van der Waals surface area contributed by atoms with Crippen molar-refractivity contribution in [2.24, 2.45) is 0 Å². The molecule has 2 aliphatic rings. The summed E-state index contributed by atoms with van der Waals surface area (Å²) >= 11 is 3.36. The van der Waals surface area contributed by atoms with Crippen LogP contribution < -0.4 is 10.1 Å². The number of Topliss-reactive ketones (excluding diaryl/α,β-unsaturated/α-hetero) is 1. The van der Waals surface area contributed by atoms with Crippen molar-refractivity contribution in [2.75, 3.05) is 14.2 Å². The molecule has 166 valence electrons. The summed E-state index contributed by atoms with van der Waals surface area (Å²) in [7, 11) is 2.78. The summed E-state index contributed by atoms with van der Waals surface area (Å²) in [6, 6.07) is 13.4. The molecule has 0 spiro atoms. The van der Waals surface area contributed by atoms with E-state index in [1.54, 1.807) is 12.1 Å². The number of dihydropyridines is 1. The van der Waals surface area contributed by atoms with Crippen LogP contribution in [0, 0.1) is 0 Å². The van der Waals surface area contributed by atoms with Crippen LogP contribution in [0.3, 0.4) is 0 Å². The number of aromatic hydroxyl groups is 1. The van der Waals surface area contributed by atoms with Crippen LogP contribution >= 0.6 is 15.9 Å². The Hall–Kier alpha value is -3.06. The molecule has 4 rings (SSSR count). The second kappa shape index (κ2) is 8.82. The predicted molar refractivity (Wildman–Crippen MR) is 123 cm³/mol. The lowest BCUT2D eigenvalue weighted by molar-refractivity contribution is -0.136. The maximum absolute atomic E-state index is 13.5. The third kappa shape index (κ3) is 3.81. The first kappa shape index (κ1) is 22.1. The minimum Gasteiger partial charge on any atom is -0.503 e. The number of esters is 1. The number of phenolic OH excluding ortho intramolecular Hbond substituents is 1.